The van der Waals surface area contributed by atoms with Crippen molar-refractivity contribution < 1.29 is 4.79 Å². The van der Waals surface area contributed by atoms with Crippen molar-refractivity contribution >= 4 is 17.9 Å². The minimum Gasteiger partial charge on any atom is -0.350 e. The van der Waals surface area contributed by atoms with Crippen molar-refractivity contribution in [3.63, 3.8) is 0 Å². The highest BCUT2D eigenvalue weighted by Gasteiger charge is 1.89. The Bertz CT molecular complexity index is 99.7. The largest absolute Gasteiger partial charge is 0.350 e. The van der Waals surface area contributed by atoms with Gasteiger partial charge in [-0.25, -0.2) is 0 Å². The van der Waals surface area contributed by atoms with Crippen LogP contribution in [0.2, 0.25) is 0 Å². The van der Waals surface area contributed by atoms with Gasteiger partial charge >= 0.3 is 0 Å². The van der Waals surface area contributed by atoms with Crippen LogP contribution < -0.4 is 5.32 Å². The number of nitrogens with one attached hydrogen (secondary N) is 1. The highest BCUT2D eigenvalue weighted by molar-refractivity contribution is 7.96. The van der Waals surface area contributed by atoms with Crippen LogP contribution in [0.3, 0.4) is 0 Å². The fourth-order valence-electron chi connectivity index (χ4n) is 0.671. The predicted molar refractivity (Wildman–Crippen MR) is 56.9 cm³/mol. The Balaban J connectivity index is 0. The normalized spacial score (nSPS) is 8.83. The summed E-state index contributed by atoms with van der Waals surface area (Å²) in [4.78, 5) is 11.9. The molecule has 0 rings (SSSR count). The zero-order valence-corrected chi connectivity index (χ0v) is 9.32. The average Bonchev–Trinajstić information content (AvgIpc) is 2.09. The number of hydrogen-bond acceptors (Lipinski definition) is 2. The zero-order chi connectivity index (χ0) is 9.98. The van der Waals surface area contributed by atoms with E-state index in [4.69, 9.17) is 0 Å². The van der Waals surface area contributed by atoms with E-state index < -0.39 is 0 Å². The van der Waals surface area contributed by atoms with E-state index in [9.17, 15) is 4.79 Å². The minimum atomic E-state index is -0.301. The summed E-state index contributed by atoms with van der Waals surface area (Å²) in [5.74, 6) is 0. The van der Waals surface area contributed by atoms with Crippen LogP contribution >= 0.6 is 12.6 Å². The van der Waals surface area contributed by atoms with Gasteiger partial charge in [-0.1, -0.05) is 33.4 Å². The molecule has 0 atom stereocenters. The van der Waals surface area contributed by atoms with Gasteiger partial charge in [0.2, 0.25) is 0 Å². The molecule has 1 amide bonds. The van der Waals surface area contributed by atoms with Crippen molar-refractivity contribution in [1.82, 2.24) is 10.2 Å². The van der Waals surface area contributed by atoms with Crippen LogP contribution in [0, 0.1) is 0 Å². The summed E-state index contributed by atoms with van der Waals surface area (Å²) in [5.41, 5.74) is 0. The van der Waals surface area contributed by atoms with Gasteiger partial charge in [0.05, 0.1) is 0 Å². The highest BCUT2D eigenvalue weighted by atomic mass is 32.1. The van der Waals surface area contributed by atoms with Crippen LogP contribution in [0.15, 0.2) is 0 Å². The molecule has 0 unspecified atom stereocenters. The van der Waals surface area contributed by atoms with E-state index in [1.54, 1.807) is 0 Å². The maximum Gasteiger partial charge on any atom is 0.275 e. The number of amides is 1. The van der Waals surface area contributed by atoms with Crippen LogP contribution in [0.25, 0.3) is 0 Å². The molecule has 74 valence electrons. The Hall–Kier alpha value is -0.220. The monoisotopic (exact) mass is 192 g/mol. The van der Waals surface area contributed by atoms with Crippen molar-refractivity contribution in [1.29, 1.82) is 0 Å². The second-order valence-corrected chi connectivity index (χ2v) is 2.58. The molecular formula is C8H20N2OS. The lowest BCUT2D eigenvalue weighted by Crippen LogP contribution is -2.21. The van der Waals surface area contributed by atoms with E-state index in [2.05, 4.69) is 43.6 Å². The van der Waals surface area contributed by atoms with Gasteiger partial charge in [-0.2, -0.15) is 0 Å². The van der Waals surface area contributed by atoms with Gasteiger partial charge < -0.3 is 10.2 Å². The van der Waals surface area contributed by atoms with E-state index in [1.807, 2.05) is 0 Å². The minimum absolute atomic E-state index is 0.301. The Morgan fingerprint density at radius 1 is 1.25 bits per heavy atom. The van der Waals surface area contributed by atoms with Gasteiger partial charge in [0.15, 0.2) is 0 Å². The third-order valence-corrected chi connectivity index (χ3v) is 1.78. The van der Waals surface area contributed by atoms with Crippen molar-refractivity contribution in [3.8, 4) is 0 Å². The molecule has 0 radical (unpaired) electrons. The molecule has 0 saturated heterocycles. The smallest absolute Gasteiger partial charge is 0.275 e. The first-order valence-electron chi connectivity index (χ1n) is 4.25. The molecular weight excluding hydrogens is 172 g/mol. The summed E-state index contributed by atoms with van der Waals surface area (Å²) in [6.07, 6.45) is 0. The molecule has 0 aromatic carbocycles. The molecule has 0 saturated carbocycles. The zero-order valence-electron chi connectivity index (χ0n) is 8.42. The van der Waals surface area contributed by atoms with Crippen LogP contribution in [0.1, 0.15) is 20.8 Å². The van der Waals surface area contributed by atoms with Crippen LogP contribution in [0.4, 0.5) is 4.79 Å². The molecule has 0 aliphatic carbocycles. The van der Waals surface area contributed by atoms with Crippen molar-refractivity contribution in [3.05, 3.63) is 0 Å². The van der Waals surface area contributed by atoms with Gasteiger partial charge in [-0.15, -0.1) is 0 Å². The summed E-state index contributed by atoms with van der Waals surface area (Å²) in [6, 6.07) is 0. The fraction of sp³-hybridized carbons (Fsp3) is 0.875. The second-order valence-electron chi connectivity index (χ2n) is 2.17. The third-order valence-electron chi connectivity index (χ3n) is 1.56. The molecule has 3 nitrogen and oxygen atoms in total. The summed E-state index contributed by atoms with van der Waals surface area (Å²) in [7, 11) is 1.52. The first kappa shape index (κ1) is 14.3. The Labute approximate surface area is 80.9 Å². The van der Waals surface area contributed by atoms with Crippen molar-refractivity contribution in [2.75, 3.05) is 26.7 Å². The standard InChI is InChI=1S/C6H15N.C2H5NOS/c1-4-7(5-2)6-3;1-3-2(4)5/h4-6H2,1-3H3;1H3,(H2,3,4,5). The number of hydrogen-bond donors (Lipinski definition) is 2. The molecule has 4 heteroatoms. The maximum atomic E-state index is 9.57. The Kier molecular flexibility index (Phi) is 12.9. The molecule has 0 fully saturated rings. The lowest BCUT2D eigenvalue weighted by molar-refractivity contribution is 0.262. The summed E-state index contributed by atoms with van der Waals surface area (Å²) in [5, 5.41) is 1.95. The molecule has 0 aliphatic rings. The quantitative estimate of drug-likeness (QED) is 0.666. The molecule has 0 aromatic heterocycles. The van der Waals surface area contributed by atoms with E-state index in [0.29, 0.717) is 0 Å². The van der Waals surface area contributed by atoms with E-state index >= 15 is 0 Å². The summed E-state index contributed by atoms with van der Waals surface area (Å²) < 4.78 is 0. The maximum absolute atomic E-state index is 9.57. The van der Waals surface area contributed by atoms with Crippen molar-refractivity contribution in [2.45, 2.75) is 20.8 Å². The molecule has 0 bridgehead atoms. The van der Waals surface area contributed by atoms with Gasteiger partial charge in [-0.05, 0) is 19.6 Å². The first-order chi connectivity index (χ1) is 5.62. The highest BCUT2D eigenvalue weighted by Crippen LogP contribution is 1.81. The number of thiol groups is 1. The molecule has 1 N–H and O–H groups in total. The lowest BCUT2D eigenvalue weighted by Gasteiger charge is -2.13. The Morgan fingerprint density at radius 3 is 1.50 bits per heavy atom. The molecule has 0 heterocycles. The lowest BCUT2D eigenvalue weighted by atomic mass is 10.5. The van der Waals surface area contributed by atoms with Crippen LogP contribution in [0.5, 0.6) is 0 Å². The molecule has 0 spiro atoms. The number of rotatable bonds is 3. The summed E-state index contributed by atoms with van der Waals surface area (Å²) >= 11 is 3.35. The Morgan fingerprint density at radius 2 is 1.50 bits per heavy atom. The molecule has 12 heavy (non-hydrogen) atoms. The van der Waals surface area contributed by atoms with Gasteiger partial charge in [0.1, 0.15) is 0 Å². The van der Waals surface area contributed by atoms with E-state index in [1.165, 1.54) is 26.7 Å². The first-order valence-corrected chi connectivity index (χ1v) is 4.69. The average molecular weight is 192 g/mol. The number of nitrogens with zero attached hydrogens (tertiary/aromatic N) is 1. The fourth-order valence-corrected chi connectivity index (χ4v) is 0.671. The number of carbonyl (C=O) groups excluding carboxylic acids is 1. The van der Waals surface area contributed by atoms with Gasteiger partial charge in [0, 0.05) is 7.05 Å². The molecule has 0 aliphatic heterocycles. The van der Waals surface area contributed by atoms with Crippen LogP contribution in [-0.2, 0) is 0 Å². The van der Waals surface area contributed by atoms with Crippen LogP contribution in [-0.4, -0.2) is 36.8 Å². The third kappa shape index (κ3) is 12.5. The summed E-state index contributed by atoms with van der Waals surface area (Å²) in [6.45, 7) is 10.1. The van der Waals surface area contributed by atoms with Gasteiger partial charge in [-0.3, -0.25) is 4.79 Å². The topological polar surface area (TPSA) is 32.3 Å². The number of carbonyl (C=O) groups is 1. The second kappa shape index (κ2) is 10.8. The predicted octanol–water partition coefficient (Wildman–Crippen LogP) is 1.60. The van der Waals surface area contributed by atoms with E-state index in [0.717, 1.165) is 0 Å². The van der Waals surface area contributed by atoms with E-state index in [-0.39, 0.29) is 5.24 Å². The molecule has 0 aromatic rings. The van der Waals surface area contributed by atoms with Crippen molar-refractivity contribution in [2.24, 2.45) is 0 Å². The van der Waals surface area contributed by atoms with Gasteiger partial charge in [0.25, 0.3) is 5.24 Å². The SMILES string of the molecule is CCN(CC)CC.CNC(=O)S.